The van der Waals surface area contributed by atoms with Gasteiger partial charge in [-0.2, -0.15) is 0 Å². The van der Waals surface area contributed by atoms with Crippen molar-refractivity contribution in [3.8, 4) is 11.5 Å². The number of hydrogen-bond donors (Lipinski definition) is 1. The largest absolute Gasteiger partial charge is 0.504 e. The first-order valence-corrected chi connectivity index (χ1v) is 10.7. The van der Waals surface area contributed by atoms with E-state index in [2.05, 4.69) is 9.98 Å². The molecule has 0 spiro atoms. The van der Waals surface area contributed by atoms with Crippen molar-refractivity contribution in [3.05, 3.63) is 64.5 Å². The highest BCUT2D eigenvalue weighted by atomic mass is 16.5. The van der Waals surface area contributed by atoms with Crippen LogP contribution in [0.15, 0.2) is 45.9 Å². The van der Waals surface area contributed by atoms with Gasteiger partial charge in [0.2, 0.25) is 5.88 Å². The van der Waals surface area contributed by atoms with Crippen molar-refractivity contribution in [1.29, 1.82) is 0 Å². The summed E-state index contributed by atoms with van der Waals surface area (Å²) in [4.78, 5) is 23.2. The van der Waals surface area contributed by atoms with Crippen LogP contribution >= 0.6 is 0 Å². The highest BCUT2D eigenvalue weighted by Gasteiger charge is 2.31. The van der Waals surface area contributed by atoms with Gasteiger partial charge >= 0.3 is 5.97 Å². The van der Waals surface area contributed by atoms with Crippen LogP contribution in [-0.2, 0) is 17.7 Å². The maximum atomic E-state index is 12.8. The van der Waals surface area contributed by atoms with Crippen molar-refractivity contribution in [3.63, 3.8) is 0 Å². The molecule has 0 unspecified atom stereocenters. The fourth-order valence-electron chi connectivity index (χ4n) is 4.15. The third-order valence-corrected chi connectivity index (χ3v) is 5.79. The molecular weight excluding hydrogens is 422 g/mol. The number of carbonyl (C=O) groups excluding carboxylic acids is 1. The molecular formula is C25H23N3O5. The lowest BCUT2D eigenvalue weighted by Gasteiger charge is -2.29. The van der Waals surface area contributed by atoms with Crippen molar-refractivity contribution >= 4 is 35.5 Å². The molecule has 0 bridgehead atoms. The van der Waals surface area contributed by atoms with Crippen LogP contribution in [0, 0.1) is 0 Å². The fraction of sp³-hybridized carbons (Fsp3) is 0.240. The number of benzene rings is 1. The summed E-state index contributed by atoms with van der Waals surface area (Å²) in [5.74, 6) is 1.01. The average Bonchev–Trinajstić information content (AvgIpc) is 3.40. The standard InChI is InChI=1S/C25H23N3O5/c1-3-32-25(30)21-22(29)20(12-17-13-27-23-19(17)5-4-9-26-23)33-24(21)28-10-8-15-11-18(31-2)7-6-16(15)14-28/h4-7,9,11-13,29H,3,8,10,14H2,1-2H3. The molecule has 0 radical (unpaired) electrons. The van der Waals surface area contributed by atoms with E-state index in [-0.39, 0.29) is 23.7 Å². The van der Waals surface area contributed by atoms with Gasteiger partial charge in [0.05, 0.1) is 13.7 Å². The van der Waals surface area contributed by atoms with Gasteiger partial charge < -0.3 is 23.9 Å². The summed E-state index contributed by atoms with van der Waals surface area (Å²) in [6.45, 7) is 3.06. The molecule has 4 heterocycles. The smallest absolute Gasteiger partial charge is 0.347 e. The molecule has 1 N–H and O–H groups in total. The Morgan fingerprint density at radius 2 is 2.18 bits per heavy atom. The Balaban J connectivity index is 1.54. The predicted molar refractivity (Wildman–Crippen MR) is 124 cm³/mol. The Morgan fingerprint density at radius 3 is 3.00 bits per heavy atom. The molecule has 0 aliphatic carbocycles. The van der Waals surface area contributed by atoms with E-state index in [4.69, 9.17) is 13.9 Å². The van der Waals surface area contributed by atoms with Gasteiger partial charge in [-0.1, -0.05) is 6.07 Å². The van der Waals surface area contributed by atoms with Crippen molar-refractivity contribution in [1.82, 2.24) is 4.98 Å². The number of pyridine rings is 1. The van der Waals surface area contributed by atoms with Crippen LogP contribution in [0.25, 0.3) is 11.6 Å². The first kappa shape index (κ1) is 20.8. The SMILES string of the molecule is CCOC(=O)c1c(N2CCc3cc(OC)ccc3C2)oc(C=C2C=Nc3ncccc32)c1O. The first-order chi connectivity index (χ1) is 16.1. The Labute approximate surface area is 190 Å². The van der Waals surface area contributed by atoms with Crippen LogP contribution in [-0.4, -0.2) is 42.5 Å². The maximum Gasteiger partial charge on any atom is 0.347 e. The molecule has 0 atom stereocenters. The van der Waals surface area contributed by atoms with E-state index in [0.29, 0.717) is 24.8 Å². The highest BCUT2D eigenvalue weighted by Crippen LogP contribution is 2.41. The summed E-state index contributed by atoms with van der Waals surface area (Å²) in [5.41, 5.74) is 3.89. The molecule has 0 fully saturated rings. The summed E-state index contributed by atoms with van der Waals surface area (Å²) < 4.78 is 16.6. The zero-order valence-electron chi connectivity index (χ0n) is 18.4. The Hall–Kier alpha value is -4.07. The second-order valence-electron chi connectivity index (χ2n) is 7.75. The van der Waals surface area contributed by atoms with Crippen molar-refractivity contribution in [2.75, 3.05) is 25.2 Å². The van der Waals surface area contributed by atoms with Gasteiger partial charge in [0.25, 0.3) is 0 Å². The van der Waals surface area contributed by atoms with E-state index in [1.165, 1.54) is 5.56 Å². The minimum Gasteiger partial charge on any atom is -0.504 e. The number of fused-ring (bicyclic) bond motifs is 2. The van der Waals surface area contributed by atoms with Crippen LogP contribution in [0.1, 0.15) is 39.7 Å². The number of anilines is 1. The second-order valence-corrected chi connectivity index (χ2v) is 7.75. The zero-order valence-corrected chi connectivity index (χ0v) is 18.4. The molecule has 2 aliphatic heterocycles. The molecule has 8 heteroatoms. The quantitative estimate of drug-likeness (QED) is 0.582. The second kappa shape index (κ2) is 8.46. The normalized spacial score (nSPS) is 15.5. The van der Waals surface area contributed by atoms with E-state index < -0.39 is 5.97 Å². The van der Waals surface area contributed by atoms with Gasteiger partial charge in [0.1, 0.15) is 5.75 Å². The van der Waals surface area contributed by atoms with E-state index in [1.54, 1.807) is 32.5 Å². The minimum absolute atomic E-state index is 0.0296. The number of rotatable bonds is 5. The topological polar surface area (TPSA) is 97.4 Å². The third-order valence-electron chi connectivity index (χ3n) is 5.79. The summed E-state index contributed by atoms with van der Waals surface area (Å²) in [6, 6.07) is 9.66. The van der Waals surface area contributed by atoms with Crippen LogP contribution in [0.2, 0.25) is 0 Å². The predicted octanol–water partition coefficient (Wildman–Crippen LogP) is 4.38. The molecule has 1 aromatic carbocycles. The van der Waals surface area contributed by atoms with Crippen molar-refractivity contribution in [2.24, 2.45) is 4.99 Å². The Bertz CT molecular complexity index is 1290. The Morgan fingerprint density at radius 1 is 1.30 bits per heavy atom. The number of aliphatic imine (C=N–C) groups is 1. The number of allylic oxidation sites excluding steroid dienone is 1. The summed E-state index contributed by atoms with van der Waals surface area (Å²) in [6.07, 6.45) is 5.75. The third kappa shape index (κ3) is 3.73. The van der Waals surface area contributed by atoms with Crippen LogP contribution < -0.4 is 9.64 Å². The molecule has 3 aromatic rings. The first-order valence-electron chi connectivity index (χ1n) is 10.7. The minimum atomic E-state index is -0.624. The molecule has 0 saturated heterocycles. The molecule has 0 amide bonds. The van der Waals surface area contributed by atoms with Gasteiger partial charge in [-0.15, -0.1) is 0 Å². The zero-order chi connectivity index (χ0) is 22.9. The number of nitrogens with zero attached hydrogens (tertiary/aromatic N) is 3. The van der Waals surface area contributed by atoms with E-state index in [1.807, 2.05) is 35.2 Å². The summed E-state index contributed by atoms with van der Waals surface area (Å²) in [5, 5.41) is 11.0. The lowest BCUT2D eigenvalue weighted by molar-refractivity contribution is 0.0523. The van der Waals surface area contributed by atoms with Crippen molar-refractivity contribution < 1.29 is 23.8 Å². The van der Waals surface area contributed by atoms with Crippen LogP contribution in [0.3, 0.4) is 0 Å². The lowest BCUT2D eigenvalue weighted by Crippen LogP contribution is -2.31. The number of furan rings is 1. The lowest BCUT2D eigenvalue weighted by atomic mass is 9.99. The van der Waals surface area contributed by atoms with Gasteiger partial charge in [-0.25, -0.2) is 14.8 Å². The average molecular weight is 445 g/mol. The van der Waals surface area contributed by atoms with Crippen LogP contribution in [0.5, 0.6) is 11.5 Å². The number of esters is 1. The van der Waals surface area contributed by atoms with Gasteiger partial charge in [-0.3, -0.25) is 0 Å². The van der Waals surface area contributed by atoms with Crippen LogP contribution in [0.4, 0.5) is 11.7 Å². The van der Waals surface area contributed by atoms with E-state index in [9.17, 15) is 9.90 Å². The van der Waals surface area contributed by atoms with Gasteiger partial charge in [0.15, 0.2) is 22.9 Å². The Kier molecular flexibility index (Phi) is 5.34. The molecule has 2 aromatic heterocycles. The molecule has 8 nitrogen and oxygen atoms in total. The van der Waals surface area contributed by atoms with Gasteiger partial charge in [-0.05, 0) is 54.8 Å². The summed E-state index contributed by atoms with van der Waals surface area (Å²) in [7, 11) is 1.65. The van der Waals surface area contributed by atoms with E-state index in [0.717, 1.165) is 28.9 Å². The molecule has 168 valence electrons. The number of carbonyl (C=O) groups is 1. The maximum absolute atomic E-state index is 12.8. The molecule has 0 saturated carbocycles. The number of hydrogen-bond acceptors (Lipinski definition) is 8. The molecule has 5 rings (SSSR count). The number of aromatic nitrogens is 1. The number of aromatic hydroxyl groups is 1. The monoisotopic (exact) mass is 445 g/mol. The van der Waals surface area contributed by atoms with Crippen molar-refractivity contribution in [2.45, 2.75) is 19.9 Å². The number of methoxy groups -OCH3 is 1. The fourth-order valence-corrected chi connectivity index (χ4v) is 4.15. The summed E-state index contributed by atoms with van der Waals surface area (Å²) >= 11 is 0. The van der Waals surface area contributed by atoms with Gasteiger partial charge in [0, 0.05) is 36.6 Å². The highest BCUT2D eigenvalue weighted by molar-refractivity contribution is 6.21. The molecule has 2 aliphatic rings. The van der Waals surface area contributed by atoms with E-state index >= 15 is 0 Å². The molecule has 33 heavy (non-hydrogen) atoms. The number of ether oxygens (including phenoxy) is 2.